The van der Waals surface area contributed by atoms with Gasteiger partial charge in [0, 0.05) is 49.8 Å². The van der Waals surface area contributed by atoms with Crippen LogP contribution in [-0.2, 0) is 22.2 Å². The number of aliphatic carboxylic acids is 1. The summed E-state index contributed by atoms with van der Waals surface area (Å²) in [5.41, 5.74) is 6.45. The van der Waals surface area contributed by atoms with E-state index in [1.807, 2.05) is 97.1 Å². The number of aromatic nitrogens is 8. The van der Waals surface area contributed by atoms with Crippen LogP contribution in [0, 0.1) is 0 Å². The van der Waals surface area contributed by atoms with Crippen LogP contribution in [0.5, 0.6) is 0 Å². The number of carbonyl (C=O) groups is 1. The van der Waals surface area contributed by atoms with Gasteiger partial charge in [0.25, 0.3) is 0 Å². The van der Waals surface area contributed by atoms with Gasteiger partial charge in [-0.1, -0.05) is 97.1 Å². The number of fused-ring (bicyclic) bond motifs is 20. The van der Waals surface area contributed by atoms with Gasteiger partial charge in [-0.25, -0.2) is 29.9 Å². The number of hydrogen-bond acceptors (Lipinski definition) is 8. The van der Waals surface area contributed by atoms with Crippen LogP contribution in [0.25, 0.3) is 89.7 Å². The summed E-state index contributed by atoms with van der Waals surface area (Å²) < 4.78 is 0. The average Bonchev–Trinajstić information content (AvgIpc) is 3.76. The largest absolute Gasteiger partial charge is 2.00 e. The fourth-order valence-corrected chi connectivity index (χ4v) is 5.59. The molecule has 5 heterocycles. The molecule has 8 bridgehead atoms. The Morgan fingerprint density at radius 2 is 0.689 bits per heavy atom. The number of carboxylic acid groups (broad SMARTS) is 1. The van der Waals surface area contributed by atoms with Gasteiger partial charge in [0.15, 0.2) is 23.3 Å². The SMILES string of the molecule is CC(=O)[O-].[Cr+2].c1ccc2c(c1)-c1nc-2nc2[nH]c(nc3nc(nc4[nH]c(n1)c1ccccc41)-c1ccccc1-3)c1ccccc21. The summed E-state index contributed by atoms with van der Waals surface area (Å²) in [5.74, 6) is 1.31. The predicted octanol–water partition coefficient (Wildman–Crippen LogP) is 5.62. The van der Waals surface area contributed by atoms with E-state index in [2.05, 4.69) is 9.97 Å². The van der Waals surface area contributed by atoms with E-state index >= 15 is 0 Å². The summed E-state index contributed by atoms with van der Waals surface area (Å²) in [6.07, 6.45) is 0. The molecule has 3 aromatic heterocycles. The van der Waals surface area contributed by atoms with Crippen molar-refractivity contribution in [2.75, 3.05) is 0 Å². The molecular formula is C34H21CrN8O2+. The quantitative estimate of drug-likeness (QED) is 0.221. The molecule has 0 fully saturated rings. The van der Waals surface area contributed by atoms with Gasteiger partial charge in [-0.05, 0) is 6.92 Å². The minimum Gasteiger partial charge on any atom is -0.550 e. The Balaban J connectivity index is 0.000000617. The zero-order chi connectivity index (χ0) is 29.8. The third-order valence-corrected chi connectivity index (χ3v) is 7.46. The summed E-state index contributed by atoms with van der Waals surface area (Å²) in [4.78, 5) is 45.7. The molecule has 0 amide bonds. The molecule has 0 aliphatic carbocycles. The van der Waals surface area contributed by atoms with Crippen molar-refractivity contribution < 1.29 is 27.3 Å². The van der Waals surface area contributed by atoms with Crippen molar-refractivity contribution in [1.29, 1.82) is 0 Å². The van der Waals surface area contributed by atoms with Gasteiger partial charge in [-0.3, -0.25) is 0 Å². The van der Waals surface area contributed by atoms with E-state index in [0.717, 1.165) is 50.7 Å². The Morgan fingerprint density at radius 1 is 0.467 bits per heavy atom. The third-order valence-electron chi connectivity index (χ3n) is 7.46. The van der Waals surface area contributed by atoms with Gasteiger partial charge in [0.05, 0.1) is 0 Å². The molecule has 9 rings (SSSR count). The van der Waals surface area contributed by atoms with Gasteiger partial charge in [-0.2, -0.15) is 0 Å². The maximum absolute atomic E-state index is 8.89. The molecule has 0 saturated carbocycles. The van der Waals surface area contributed by atoms with Crippen LogP contribution in [0.15, 0.2) is 97.1 Å². The van der Waals surface area contributed by atoms with Crippen molar-refractivity contribution in [2.24, 2.45) is 0 Å². The normalized spacial score (nSPS) is 11.2. The van der Waals surface area contributed by atoms with Gasteiger partial charge in [-0.15, -0.1) is 0 Å². The van der Waals surface area contributed by atoms with Crippen LogP contribution >= 0.6 is 0 Å². The van der Waals surface area contributed by atoms with Crippen molar-refractivity contribution in [3.05, 3.63) is 97.1 Å². The summed E-state index contributed by atoms with van der Waals surface area (Å²) in [6, 6.07) is 32.2. The number of nitrogens with zero attached hydrogens (tertiary/aromatic N) is 6. The molecule has 2 aliphatic heterocycles. The number of rotatable bonds is 0. The Labute approximate surface area is 266 Å². The first-order chi connectivity index (χ1) is 21.5. The van der Waals surface area contributed by atoms with E-state index in [1.165, 1.54) is 0 Å². The van der Waals surface area contributed by atoms with Gasteiger partial charge in [0.1, 0.15) is 22.6 Å². The number of nitrogens with one attached hydrogen (secondary N) is 2. The number of hydrogen-bond donors (Lipinski definition) is 2. The van der Waals surface area contributed by atoms with Crippen molar-refractivity contribution in [1.82, 2.24) is 39.9 Å². The number of carboxylic acids is 1. The summed E-state index contributed by atoms with van der Waals surface area (Å²) in [6.45, 7) is 0.972. The molecule has 2 aliphatic rings. The molecule has 0 unspecified atom stereocenters. The molecule has 0 saturated heterocycles. The second-order valence-electron chi connectivity index (χ2n) is 10.3. The molecule has 45 heavy (non-hydrogen) atoms. The summed E-state index contributed by atoms with van der Waals surface area (Å²) in [5, 5.41) is 12.7. The first-order valence-corrected chi connectivity index (χ1v) is 13.9. The number of H-pyrrole nitrogens is 2. The number of benzene rings is 4. The van der Waals surface area contributed by atoms with E-state index in [1.54, 1.807) is 0 Å². The van der Waals surface area contributed by atoms with E-state index in [0.29, 0.717) is 45.9 Å². The Kier molecular flexibility index (Phi) is 6.89. The minimum absolute atomic E-state index is 0. The van der Waals surface area contributed by atoms with Crippen LogP contribution in [0.3, 0.4) is 0 Å². The number of carbonyl (C=O) groups excluding carboxylic acids is 1. The third kappa shape index (κ3) is 4.81. The van der Waals surface area contributed by atoms with Crippen LogP contribution in [0.1, 0.15) is 6.92 Å². The first-order valence-electron chi connectivity index (χ1n) is 13.9. The molecule has 0 radical (unpaired) electrons. The first kappa shape index (κ1) is 28.0. The molecule has 214 valence electrons. The zero-order valence-corrected chi connectivity index (χ0v) is 24.9. The van der Waals surface area contributed by atoms with Gasteiger partial charge >= 0.3 is 17.4 Å². The molecule has 11 heteroatoms. The topological polar surface area (TPSA) is 149 Å². The zero-order valence-electron chi connectivity index (χ0n) is 23.6. The Bertz CT molecular complexity index is 2140. The average molecular weight is 626 g/mol. The fourth-order valence-electron chi connectivity index (χ4n) is 5.59. The van der Waals surface area contributed by atoms with Gasteiger partial charge in [0.2, 0.25) is 0 Å². The van der Waals surface area contributed by atoms with Crippen molar-refractivity contribution in [3.8, 4) is 45.6 Å². The van der Waals surface area contributed by atoms with E-state index in [-0.39, 0.29) is 17.4 Å². The molecule has 0 spiro atoms. The van der Waals surface area contributed by atoms with Crippen LogP contribution in [-0.4, -0.2) is 45.8 Å². The second kappa shape index (κ2) is 11.1. The molecule has 0 atom stereocenters. The summed E-state index contributed by atoms with van der Waals surface area (Å²) in [7, 11) is 0. The maximum atomic E-state index is 8.89. The molecule has 10 nitrogen and oxygen atoms in total. The Morgan fingerprint density at radius 3 is 0.933 bits per heavy atom. The number of aromatic amines is 2. The maximum Gasteiger partial charge on any atom is 2.00 e. The summed E-state index contributed by atoms with van der Waals surface area (Å²) >= 11 is 0. The molecular weight excluding hydrogens is 604 g/mol. The minimum atomic E-state index is -1.08. The Hall–Kier alpha value is -5.76. The monoisotopic (exact) mass is 625 g/mol. The van der Waals surface area contributed by atoms with Crippen LogP contribution in [0.4, 0.5) is 0 Å². The van der Waals surface area contributed by atoms with Crippen molar-refractivity contribution in [3.63, 3.8) is 0 Å². The van der Waals surface area contributed by atoms with Crippen molar-refractivity contribution in [2.45, 2.75) is 6.92 Å². The predicted molar refractivity (Wildman–Crippen MR) is 167 cm³/mol. The molecule has 4 aromatic carbocycles. The molecule has 7 aromatic rings. The smallest absolute Gasteiger partial charge is 0.550 e. The molecule has 2 N–H and O–H groups in total. The van der Waals surface area contributed by atoms with E-state index in [4.69, 9.17) is 39.8 Å². The van der Waals surface area contributed by atoms with Crippen molar-refractivity contribution >= 4 is 50.1 Å². The van der Waals surface area contributed by atoms with E-state index in [9.17, 15) is 0 Å². The fraction of sp³-hybridized carbons (Fsp3) is 0.0294. The van der Waals surface area contributed by atoms with Crippen LogP contribution < -0.4 is 5.11 Å². The van der Waals surface area contributed by atoms with E-state index < -0.39 is 5.97 Å². The standard InChI is InChI=1S/C32H18N8.C2H4O2.Cr/c1-2-10-18-17(9-1)25-33-26(18)38-28-21-13-5-6-14-22(21)30(35-28)40-32-24-16-8-7-15-23(24)31(36-32)39-29-20-12-4-3-11-19(20)27(34-29)37-25;1-2(3)4;/h1-16H,(H2,33,34,35,36,37,38,39,40);1H3,(H,3,4);/q;;+2/p-1. The van der Waals surface area contributed by atoms with Gasteiger partial charge < -0.3 is 19.9 Å². The second-order valence-corrected chi connectivity index (χ2v) is 10.3. The van der Waals surface area contributed by atoms with Crippen LogP contribution in [0.2, 0.25) is 0 Å².